The average Bonchev–Trinajstić information content (AvgIpc) is 2.23. The third-order valence-corrected chi connectivity index (χ3v) is 2.18. The lowest BCUT2D eigenvalue weighted by molar-refractivity contribution is -0.141. The summed E-state index contributed by atoms with van der Waals surface area (Å²) in [5, 5.41) is 1.97. The van der Waals surface area contributed by atoms with E-state index >= 15 is 0 Å². The standard InChI is InChI=1S/C9H17N3O4/c1-6(8(14)11-9(10)15)12(2)5-4-7(13)16-3/h6H,4-5H2,1-3H3,(H3,10,11,14,15). The maximum atomic E-state index is 11.3. The molecular weight excluding hydrogens is 214 g/mol. The van der Waals surface area contributed by atoms with Crippen LogP contribution in [0.15, 0.2) is 0 Å². The maximum Gasteiger partial charge on any atom is 0.318 e. The van der Waals surface area contributed by atoms with Crippen LogP contribution in [0.3, 0.4) is 0 Å². The molecule has 0 aromatic carbocycles. The van der Waals surface area contributed by atoms with Crippen LogP contribution in [-0.4, -0.2) is 49.6 Å². The molecule has 0 aliphatic heterocycles. The maximum absolute atomic E-state index is 11.3. The van der Waals surface area contributed by atoms with Crippen LogP contribution in [-0.2, 0) is 14.3 Å². The Morgan fingerprint density at radius 3 is 2.44 bits per heavy atom. The second-order valence-corrected chi connectivity index (χ2v) is 3.34. The number of ether oxygens (including phenoxy) is 1. The molecule has 92 valence electrons. The summed E-state index contributed by atoms with van der Waals surface area (Å²) < 4.78 is 4.47. The zero-order valence-electron chi connectivity index (χ0n) is 9.65. The summed E-state index contributed by atoms with van der Waals surface area (Å²) in [5.41, 5.74) is 4.81. The highest BCUT2D eigenvalue weighted by Crippen LogP contribution is 1.98. The number of imide groups is 1. The van der Waals surface area contributed by atoms with Crippen LogP contribution >= 0.6 is 0 Å². The third-order valence-electron chi connectivity index (χ3n) is 2.18. The van der Waals surface area contributed by atoms with E-state index in [1.807, 2.05) is 5.32 Å². The highest BCUT2D eigenvalue weighted by atomic mass is 16.5. The van der Waals surface area contributed by atoms with Gasteiger partial charge in [-0.25, -0.2) is 4.79 Å². The number of carbonyl (C=O) groups excluding carboxylic acids is 3. The first-order valence-corrected chi connectivity index (χ1v) is 4.75. The fourth-order valence-electron chi connectivity index (χ4n) is 0.989. The van der Waals surface area contributed by atoms with E-state index in [1.54, 1.807) is 18.9 Å². The van der Waals surface area contributed by atoms with Crippen LogP contribution in [0.1, 0.15) is 13.3 Å². The van der Waals surface area contributed by atoms with E-state index in [0.29, 0.717) is 6.54 Å². The van der Waals surface area contributed by atoms with E-state index in [2.05, 4.69) is 4.74 Å². The molecule has 0 bridgehead atoms. The molecular formula is C9H17N3O4. The van der Waals surface area contributed by atoms with Crippen molar-refractivity contribution in [2.24, 2.45) is 5.73 Å². The minimum atomic E-state index is -0.891. The summed E-state index contributed by atoms with van der Waals surface area (Å²) in [4.78, 5) is 34.3. The van der Waals surface area contributed by atoms with Crippen LogP contribution in [0.4, 0.5) is 4.79 Å². The molecule has 3 N–H and O–H groups in total. The summed E-state index contributed by atoms with van der Waals surface area (Å²) in [7, 11) is 2.96. The first kappa shape index (κ1) is 14.4. The summed E-state index contributed by atoms with van der Waals surface area (Å²) in [5.74, 6) is -0.853. The van der Waals surface area contributed by atoms with E-state index in [0.717, 1.165) is 0 Å². The predicted octanol–water partition coefficient (Wildman–Crippen LogP) is -0.935. The largest absolute Gasteiger partial charge is 0.469 e. The van der Waals surface area contributed by atoms with E-state index in [4.69, 9.17) is 5.73 Å². The number of rotatable bonds is 5. The second kappa shape index (κ2) is 6.78. The molecule has 0 saturated heterocycles. The molecule has 0 rings (SSSR count). The smallest absolute Gasteiger partial charge is 0.318 e. The number of hydrogen-bond acceptors (Lipinski definition) is 5. The lowest BCUT2D eigenvalue weighted by Gasteiger charge is -2.22. The van der Waals surface area contributed by atoms with E-state index in [9.17, 15) is 14.4 Å². The van der Waals surface area contributed by atoms with Crippen molar-refractivity contribution in [3.8, 4) is 0 Å². The van der Waals surface area contributed by atoms with Gasteiger partial charge < -0.3 is 10.5 Å². The van der Waals surface area contributed by atoms with Crippen LogP contribution in [0, 0.1) is 0 Å². The quantitative estimate of drug-likeness (QED) is 0.595. The van der Waals surface area contributed by atoms with E-state index in [1.165, 1.54) is 7.11 Å². The number of primary amides is 1. The third kappa shape index (κ3) is 5.30. The van der Waals surface area contributed by atoms with Crippen molar-refractivity contribution in [1.29, 1.82) is 0 Å². The van der Waals surface area contributed by atoms with Gasteiger partial charge in [0, 0.05) is 6.54 Å². The Bertz CT molecular complexity index is 280. The molecule has 0 saturated carbocycles. The van der Waals surface area contributed by atoms with Crippen LogP contribution in [0.2, 0.25) is 0 Å². The van der Waals surface area contributed by atoms with Gasteiger partial charge in [-0.2, -0.15) is 0 Å². The highest BCUT2D eigenvalue weighted by molar-refractivity contribution is 5.96. The van der Waals surface area contributed by atoms with Gasteiger partial charge in [0.25, 0.3) is 0 Å². The number of carbonyl (C=O) groups is 3. The summed E-state index contributed by atoms with van der Waals surface area (Å²) in [6.07, 6.45) is 0.182. The van der Waals surface area contributed by atoms with Crippen molar-refractivity contribution in [1.82, 2.24) is 10.2 Å². The Hall–Kier alpha value is -1.63. The van der Waals surface area contributed by atoms with Gasteiger partial charge in [-0.15, -0.1) is 0 Å². The molecule has 16 heavy (non-hydrogen) atoms. The number of nitrogens with zero attached hydrogens (tertiary/aromatic N) is 1. The molecule has 0 aromatic heterocycles. The van der Waals surface area contributed by atoms with Gasteiger partial charge in [0.2, 0.25) is 5.91 Å². The fraction of sp³-hybridized carbons (Fsp3) is 0.667. The lowest BCUT2D eigenvalue weighted by Crippen LogP contribution is -2.47. The van der Waals surface area contributed by atoms with E-state index in [-0.39, 0.29) is 12.4 Å². The van der Waals surface area contributed by atoms with Crippen LogP contribution < -0.4 is 11.1 Å². The lowest BCUT2D eigenvalue weighted by atomic mass is 10.2. The minimum absolute atomic E-state index is 0.182. The number of methoxy groups -OCH3 is 1. The number of nitrogens with two attached hydrogens (primary N) is 1. The first-order valence-electron chi connectivity index (χ1n) is 4.75. The van der Waals surface area contributed by atoms with Crippen molar-refractivity contribution < 1.29 is 19.1 Å². The Kier molecular flexibility index (Phi) is 6.09. The molecule has 1 unspecified atom stereocenters. The SMILES string of the molecule is COC(=O)CCN(C)C(C)C(=O)NC(N)=O. The number of amides is 3. The molecule has 0 aromatic rings. The van der Waals surface area contributed by atoms with Crippen LogP contribution in [0.5, 0.6) is 0 Å². The molecule has 0 spiro atoms. The van der Waals surface area contributed by atoms with Crippen molar-refractivity contribution in [2.75, 3.05) is 20.7 Å². The number of esters is 1. The Balaban J connectivity index is 4.07. The predicted molar refractivity (Wildman–Crippen MR) is 56.5 cm³/mol. The summed E-state index contributed by atoms with van der Waals surface area (Å²) in [6.45, 7) is 1.97. The summed E-state index contributed by atoms with van der Waals surface area (Å²) in [6, 6.07) is -1.43. The van der Waals surface area contributed by atoms with Gasteiger partial charge in [-0.1, -0.05) is 0 Å². The zero-order chi connectivity index (χ0) is 12.7. The zero-order valence-corrected chi connectivity index (χ0v) is 9.65. The van der Waals surface area contributed by atoms with Crippen molar-refractivity contribution in [3.63, 3.8) is 0 Å². The topological polar surface area (TPSA) is 102 Å². The molecule has 7 heteroatoms. The van der Waals surface area contributed by atoms with Crippen molar-refractivity contribution in [2.45, 2.75) is 19.4 Å². The van der Waals surface area contributed by atoms with Gasteiger partial charge in [0.05, 0.1) is 19.6 Å². The number of nitrogens with one attached hydrogen (secondary N) is 1. The monoisotopic (exact) mass is 231 g/mol. The van der Waals surface area contributed by atoms with Gasteiger partial charge in [-0.3, -0.25) is 19.8 Å². The van der Waals surface area contributed by atoms with Gasteiger partial charge in [0.15, 0.2) is 0 Å². The van der Waals surface area contributed by atoms with Gasteiger partial charge in [0.1, 0.15) is 0 Å². The molecule has 7 nitrogen and oxygen atoms in total. The molecule has 1 atom stereocenters. The molecule has 0 aliphatic rings. The fourth-order valence-corrected chi connectivity index (χ4v) is 0.989. The minimum Gasteiger partial charge on any atom is -0.469 e. The molecule has 0 radical (unpaired) electrons. The van der Waals surface area contributed by atoms with Crippen molar-refractivity contribution >= 4 is 17.9 Å². The first-order chi connectivity index (χ1) is 7.38. The number of hydrogen-bond donors (Lipinski definition) is 2. The average molecular weight is 231 g/mol. The molecule has 0 fully saturated rings. The Morgan fingerprint density at radius 1 is 1.44 bits per heavy atom. The number of urea groups is 1. The van der Waals surface area contributed by atoms with Crippen LogP contribution in [0.25, 0.3) is 0 Å². The highest BCUT2D eigenvalue weighted by Gasteiger charge is 2.19. The molecule has 3 amide bonds. The normalized spacial score (nSPS) is 12.0. The van der Waals surface area contributed by atoms with E-state index < -0.39 is 18.0 Å². The van der Waals surface area contributed by atoms with Gasteiger partial charge >= 0.3 is 12.0 Å². The molecule has 0 heterocycles. The summed E-state index contributed by atoms with van der Waals surface area (Å²) >= 11 is 0. The number of likely N-dealkylation sites (N-methyl/N-ethyl adjacent to an activating group) is 1. The van der Waals surface area contributed by atoms with Gasteiger partial charge in [-0.05, 0) is 14.0 Å². The second-order valence-electron chi connectivity index (χ2n) is 3.34. The Labute approximate surface area is 93.9 Å². The molecule has 0 aliphatic carbocycles. The Morgan fingerprint density at radius 2 is 2.00 bits per heavy atom. The van der Waals surface area contributed by atoms with Crippen molar-refractivity contribution in [3.05, 3.63) is 0 Å².